The van der Waals surface area contributed by atoms with Gasteiger partial charge in [-0.05, 0) is 48.9 Å². The van der Waals surface area contributed by atoms with Gasteiger partial charge >= 0.3 is 0 Å². The molecule has 4 aromatic rings. The van der Waals surface area contributed by atoms with Crippen molar-refractivity contribution in [3.8, 4) is 11.5 Å². The molecule has 0 spiro atoms. The minimum atomic E-state index is -0.232. The Balaban J connectivity index is 1.60. The van der Waals surface area contributed by atoms with Crippen molar-refractivity contribution >= 4 is 55.8 Å². The summed E-state index contributed by atoms with van der Waals surface area (Å²) in [7, 11) is 0. The predicted molar refractivity (Wildman–Crippen MR) is 130 cm³/mol. The van der Waals surface area contributed by atoms with Crippen LogP contribution in [0, 0.1) is 0 Å². The Bertz CT molecular complexity index is 1230. The quantitative estimate of drug-likeness (QED) is 0.281. The van der Waals surface area contributed by atoms with Gasteiger partial charge in [-0.25, -0.2) is 4.98 Å². The summed E-state index contributed by atoms with van der Waals surface area (Å²) in [5.41, 5.74) is 1.79. The van der Waals surface area contributed by atoms with Crippen molar-refractivity contribution in [2.75, 3.05) is 18.1 Å². The maximum atomic E-state index is 13.2. The molecule has 3 aromatic carbocycles. The lowest BCUT2D eigenvalue weighted by atomic mass is 10.2. The molecule has 0 saturated carbocycles. The first-order valence-corrected chi connectivity index (χ1v) is 11.6. The average Bonchev–Trinajstić information content (AvgIpc) is 3.20. The lowest BCUT2D eigenvalue weighted by Crippen LogP contribution is -2.34. The lowest BCUT2D eigenvalue weighted by Gasteiger charge is -2.20. The summed E-state index contributed by atoms with van der Waals surface area (Å²) in [6, 6.07) is 20.4. The van der Waals surface area contributed by atoms with E-state index in [0.29, 0.717) is 34.1 Å². The third-order valence-corrected chi connectivity index (χ3v) is 6.19. The summed E-state index contributed by atoms with van der Waals surface area (Å²) in [4.78, 5) is 19.5. The average molecular weight is 487 g/mol. The molecule has 1 aromatic heterocycles. The highest BCUT2D eigenvalue weighted by Gasteiger charge is 2.21. The second kappa shape index (κ2) is 10.2. The Morgan fingerprint density at radius 3 is 2.59 bits per heavy atom. The number of rotatable bonds is 8. The molecule has 1 heterocycles. The summed E-state index contributed by atoms with van der Waals surface area (Å²) in [5.74, 6) is 0.940. The van der Waals surface area contributed by atoms with Gasteiger partial charge in [-0.3, -0.25) is 9.69 Å². The highest BCUT2D eigenvalue weighted by Crippen LogP contribution is 2.33. The summed E-state index contributed by atoms with van der Waals surface area (Å²) < 4.78 is 12.2. The number of fused-ring (bicyclic) bond motifs is 1. The molecule has 0 N–H and O–H groups in total. The van der Waals surface area contributed by atoms with Crippen LogP contribution in [0.1, 0.15) is 12.5 Å². The van der Waals surface area contributed by atoms with E-state index in [1.807, 2.05) is 55.5 Å². The number of amides is 1. The molecular formula is C24H20Cl2N2O3S. The van der Waals surface area contributed by atoms with Crippen LogP contribution in [0.5, 0.6) is 11.5 Å². The first-order valence-electron chi connectivity index (χ1n) is 9.99. The number of thiazole rings is 1. The van der Waals surface area contributed by atoms with Gasteiger partial charge in [0.1, 0.15) is 11.5 Å². The highest BCUT2D eigenvalue weighted by molar-refractivity contribution is 7.22. The van der Waals surface area contributed by atoms with Gasteiger partial charge in [0, 0.05) is 5.02 Å². The zero-order chi connectivity index (χ0) is 22.5. The van der Waals surface area contributed by atoms with E-state index in [4.69, 9.17) is 32.7 Å². The van der Waals surface area contributed by atoms with E-state index in [0.717, 1.165) is 21.5 Å². The van der Waals surface area contributed by atoms with Crippen LogP contribution in [-0.4, -0.2) is 24.1 Å². The summed E-state index contributed by atoms with van der Waals surface area (Å²) in [6.45, 7) is 2.71. The Morgan fingerprint density at radius 2 is 1.84 bits per heavy atom. The molecule has 32 heavy (non-hydrogen) atoms. The molecule has 5 nitrogen and oxygen atoms in total. The Morgan fingerprint density at radius 1 is 1.03 bits per heavy atom. The van der Waals surface area contributed by atoms with Gasteiger partial charge in [-0.2, -0.15) is 0 Å². The van der Waals surface area contributed by atoms with Gasteiger partial charge in [-0.15, -0.1) is 0 Å². The molecule has 0 fully saturated rings. The van der Waals surface area contributed by atoms with Crippen molar-refractivity contribution in [1.82, 2.24) is 4.98 Å². The maximum absolute atomic E-state index is 13.2. The van der Waals surface area contributed by atoms with E-state index < -0.39 is 0 Å². The molecule has 0 aliphatic heterocycles. The highest BCUT2D eigenvalue weighted by atomic mass is 35.5. The zero-order valence-electron chi connectivity index (χ0n) is 17.3. The molecule has 1 amide bonds. The third-order valence-electron chi connectivity index (χ3n) is 4.62. The molecule has 0 unspecified atom stereocenters. The van der Waals surface area contributed by atoms with Crippen LogP contribution in [0.2, 0.25) is 10.0 Å². The number of carbonyl (C=O) groups excluding carboxylic acids is 1. The van der Waals surface area contributed by atoms with Crippen LogP contribution in [-0.2, 0) is 11.3 Å². The van der Waals surface area contributed by atoms with Crippen LogP contribution in [0.4, 0.5) is 5.13 Å². The molecule has 0 aliphatic rings. The first-order chi connectivity index (χ1) is 15.5. The van der Waals surface area contributed by atoms with Gasteiger partial charge in [-0.1, -0.05) is 64.9 Å². The second-order valence-electron chi connectivity index (χ2n) is 6.89. The molecule has 0 saturated heterocycles. The van der Waals surface area contributed by atoms with E-state index in [1.54, 1.807) is 23.1 Å². The molecular weight excluding hydrogens is 467 g/mol. The fourth-order valence-electron chi connectivity index (χ4n) is 3.10. The van der Waals surface area contributed by atoms with Gasteiger partial charge in [0.15, 0.2) is 11.7 Å². The fraction of sp³-hybridized carbons (Fsp3) is 0.167. The zero-order valence-corrected chi connectivity index (χ0v) is 19.6. The number of aromatic nitrogens is 1. The van der Waals surface area contributed by atoms with Crippen molar-refractivity contribution in [2.24, 2.45) is 0 Å². The maximum Gasteiger partial charge on any atom is 0.267 e. The van der Waals surface area contributed by atoms with E-state index in [1.165, 1.54) is 11.3 Å². The molecule has 0 radical (unpaired) electrons. The lowest BCUT2D eigenvalue weighted by molar-refractivity contribution is -0.120. The predicted octanol–water partition coefficient (Wildman–Crippen LogP) is 6.61. The number of halogens is 2. The topological polar surface area (TPSA) is 51.7 Å². The Hall–Kier alpha value is -2.80. The van der Waals surface area contributed by atoms with Crippen LogP contribution < -0.4 is 14.4 Å². The summed E-state index contributed by atoms with van der Waals surface area (Å²) in [6.07, 6.45) is 0. The number of nitrogens with zero attached hydrogens (tertiary/aromatic N) is 2. The number of hydrogen-bond acceptors (Lipinski definition) is 5. The SMILES string of the molecule is CCOc1ccc2nc(N(Cc3ccccc3)C(=O)COc3ccc(Cl)cc3Cl)sc2c1. The number of anilines is 1. The molecule has 164 valence electrons. The minimum absolute atomic E-state index is 0.186. The van der Waals surface area contributed by atoms with Crippen LogP contribution in [0.3, 0.4) is 0 Å². The van der Waals surface area contributed by atoms with Crippen LogP contribution in [0.25, 0.3) is 10.2 Å². The summed E-state index contributed by atoms with van der Waals surface area (Å²) >= 11 is 13.6. The van der Waals surface area contributed by atoms with E-state index in [-0.39, 0.29) is 12.5 Å². The van der Waals surface area contributed by atoms with Gasteiger partial charge in [0.2, 0.25) is 0 Å². The van der Waals surface area contributed by atoms with Crippen molar-refractivity contribution in [3.63, 3.8) is 0 Å². The van der Waals surface area contributed by atoms with Crippen LogP contribution >= 0.6 is 34.5 Å². The Kier molecular flexibility index (Phi) is 7.15. The third kappa shape index (κ3) is 5.33. The molecule has 0 atom stereocenters. The Labute approximate surface area is 200 Å². The second-order valence-corrected chi connectivity index (χ2v) is 8.74. The van der Waals surface area contributed by atoms with Crippen molar-refractivity contribution in [1.29, 1.82) is 0 Å². The van der Waals surface area contributed by atoms with E-state index >= 15 is 0 Å². The van der Waals surface area contributed by atoms with Crippen molar-refractivity contribution in [3.05, 3.63) is 82.3 Å². The van der Waals surface area contributed by atoms with Gasteiger partial charge in [0.25, 0.3) is 5.91 Å². The van der Waals surface area contributed by atoms with Gasteiger partial charge in [0.05, 0.1) is 28.4 Å². The fourth-order valence-corrected chi connectivity index (χ4v) is 4.58. The largest absolute Gasteiger partial charge is 0.494 e. The number of ether oxygens (including phenoxy) is 2. The summed E-state index contributed by atoms with van der Waals surface area (Å²) in [5, 5.41) is 1.44. The normalized spacial score (nSPS) is 10.8. The molecule has 4 rings (SSSR count). The van der Waals surface area contributed by atoms with Crippen LogP contribution in [0.15, 0.2) is 66.7 Å². The van der Waals surface area contributed by atoms with E-state index in [9.17, 15) is 4.79 Å². The molecule has 0 aliphatic carbocycles. The van der Waals surface area contributed by atoms with Crippen molar-refractivity contribution < 1.29 is 14.3 Å². The molecule has 8 heteroatoms. The molecule has 0 bridgehead atoms. The number of benzene rings is 3. The number of carbonyl (C=O) groups is 1. The minimum Gasteiger partial charge on any atom is -0.494 e. The van der Waals surface area contributed by atoms with Gasteiger partial charge < -0.3 is 9.47 Å². The smallest absolute Gasteiger partial charge is 0.267 e. The monoisotopic (exact) mass is 486 g/mol. The first kappa shape index (κ1) is 22.4. The van der Waals surface area contributed by atoms with E-state index in [2.05, 4.69) is 4.98 Å². The van der Waals surface area contributed by atoms with Crippen molar-refractivity contribution in [2.45, 2.75) is 13.5 Å². The number of hydrogen-bond donors (Lipinski definition) is 0. The standard InChI is InChI=1S/C24H20Cl2N2O3S/c1-2-30-18-9-10-20-22(13-18)32-24(27-20)28(14-16-6-4-3-5-7-16)23(29)15-31-21-11-8-17(25)12-19(21)26/h3-13H,2,14-15H2,1H3.